The molecule has 5 heteroatoms. The molecule has 17 heavy (non-hydrogen) atoms. The van der Waals surface area contributed by atoms with E-state index in [4.69, 9.17) is 0 Å². The van der Waals surface area contributed by atoms with Gasteiger partial charge in [0.05, 0.1) is 6.54 Å². The van der Waals surface area contributed by atoms with Crippen LogP contribution in [0.25, 0.3) is 0 Å². The smallest absolute Gasteiger partial charge is 0.236 e. The summed E-state index contributed by atoms with van der Waals surface area (Å²) in [7, 11) is 5.20. The highest BCUT2D eigenvalue weighted by Gasteiger charge is 2.11. The van der Waals surface area contributed by atoms with E-state index in [1.807, 2.05) is 0 Å². The number of benzene rings is 1. The van der Waals surface area contributed by atoms with Gasteiger partial charge in [0.1, 0.15) is 5.82 Å². The van der Waals surface area contributed by atoms with Crippen LogP contribution in [0.1, 0.15) is 5.56 Å². The molecule has 94 valence electrons. The van der Waals surface area contributed by atoms with E-state index in [1.165, 1.54) is 11.0 Å². The minimum atomic E-state index is -0.252. The number of rotatable bonds is 4. The highest BCUT2D eigenvalue weighted by atomic mass is 79.9. The summed E-state index contributed by atoms with van der Waals surface area (Å²) in [5, 5.41) is 0. The molecule has 0 saturated carbocycles. The molecule has 0 spiro atoms. The molecule has 0 aliphatic carbocycles. The van der Waals surface area contributed by atoms with Crippen molar-refractivity contribution in [3.8, 4) is 0 Å². The Labute approximate surface area is 109 Å². The lowest BCUT2D eigenvalue weighted by Gasteiger charge is -2.19. The van der Waals surface area contributed by atoms with Crippen LogP contribution in [0.15, 0.2) is 22.7 Å². The van der Waals surface area contributed by atoms with E-state index >= 15 is 0 Å². The van der Waals surface area contributed by atoms with Crippen molar-refractivity contribution in [2.45, 2.75) is 6.54 Å². The van der Waals surface area contributed by atoms with E-state index in [0.29, 0.717) is 12.1 Å². The van der Waals surface area contributed by atoms with Crippen molar-refractivity contribution in [2.75, 3.05) is 27.7 Å². The molecule has 3 nitrogen and oxygen atoms in total. The van der Waals surface area contributed by atoms with E-state index in [2.05, 4.69) is 15.9 Å². The van der Waals surface area contributed by atoms with Crippen molar-refractivity contribution < 1.29 is 9.18 Å². The summed E-state index contributed by atoms with van der Waals surface area (Å²) < 4.78 is 14.3. The zero-order valence-corrected chi connectivity index (χ0v) is 11.8. The molecule has 0 fully saturated rings. The van der Waals surface area contributed by atoms with Gasteiger partial charge in [-0.25, -0.2) is 4.39 Å². The van der Waals surface area contributed by atoms with Crippen LogP contribution in [-0.4, -0.2) is 43.4 Å². The lowest BCUT2D eigenvalue weighted by molar-refractivity contribution is -0.129. The first-order valence-corrected chi connectivity index (χ1v) is 6.02. The zero-order valence-electron chi connectivity index (χ0n) is 10.2. The number of amides is 1. The molecule has 0 unspecified atom stereocenters. The number of nitrogens with zero attached hydrogens (tertiary/aromatic N) is 2. The minimum Gasteiger partial charge on any atom is -0.348 e. The molecule has 0 N–H and O–H groups in total. The third-order valence-corrected chi connectivity index (χ3v) is 2.85. The predicted octanol–water partition coefficient (Wildman–Crippen LogP) is 2.11. The maximum Gasteiger partial charge on any atom is 0.236 e. The fraction of sp³-hybridized carbons (Fsp3) is 0.417. The first-order chi connectivity index (χ1) is 7.90. The number of halogens is 2. The van der Waals surface area contributed by atoms with Gasteiger partial charge in [0.2, 0.25) is 5.91 Å². The van der Waals surface area contributed by atoms with E-state index in [0.717, 1.165) is 4.47 Å². The van der Waals surface area contributed by atoms with Crippen molar-refractivity contribution >= 4 is 21.8 Å². The van der Waals surface area contributed by atoms with Crippen LogP contribution in [0.3, 0.4) is 0 Å². The van der Waals surface area contributed by atoms with Gasteiger partial charge >= 0.3 is 0 Å². The van der Waals surface area contributed by atoms with Crippen LogP contribution in [0.2, 0.25) is 0 Å². The number of carbonyl (C=O) groups is 1. The first kappa shape index (κ1) is 14.1. The van der Waals surface area contributed by atoms with E-state index in [9.17, 15) is 9.18 Å². The molecule has 1 aromatic rings. The van der Waals surface area contributed by atoms with Gasteiger partial charge in [-0.2, -0.15) is 0 Å². The molecular weight excluding hydrogens is 287 g/mol. The van der Waals surface area contributed by atoms with Gasteiger partial charge in [-0.1, -0.05) is 15.9 Å². The quantitative estimate of drug-likeness (QED) is 0.850. The second kappa shape index (κ2) is 6.12. The number of carbonyl (C=O) groups excluding carboxylic acids is 1. The maximum absolute atomic E-state index is 13.5. The number of likely N-dealkylation sites (N-methyl/N-ethyl adjacent to an activating group) is 2. The van der Waals surface area contributed by atoms with E-state index < -0.39 is 0 Å². The second-order valence-corrected chi connectivity index (χ2v) is 5.11. The third-order valence-electron chi connectivity index (χ3n) is 2.35. The monoisotopic (exact) mass is 302 g/mol. The standard InChI is InChI=1S/C12H16BrFN2O/c1-15(2)12(17)8-16(3)7-9-6-10(13)4-5-11(9)14/h4-6H,7-8H2,1-3H3. The molecule has 0 aliphatic heterocycles. The molecule has 1 rings (SSSR count). The molecule has 0 atom stereocenters. The predicted molar refractivity (Wildman–Crippen MR) is 69.1 cm³/mol. The van der Waals surface area contributed by atoms with Gasteiger partial charge in [0, 0.05) is 30.7 Å². The van der Waals surface area contributed by atoms with Crippen LogP contribution in [-0.2, 0) is 11.3 Å². The van der Waals surface area contributed by atoms with Crippen molar-refractivity contribution in [1.29, 1.82) is 0 Å². The molecule has 0 bridgehead atoms. The van der Waals surface area contributed by atoms with Crippen LogP contribution in [0.4, 0.5) is 4.39 Å². The molecule has 0 aliphatic rings. The highest BCUT2D eigenvalue weighted by molar-refractivity contribution is 9.10. The Balaban J connectivity index is 2.64. The van der Waals surface area contributed by atoms with Gasteiger partial charge in [-0.15, -0.1) is 0 Å². The summed E-state index contributed by atoms with van der Waals surface area (Å²) in [5.41, 5.74) is 0.577. The van der Waals surface area contributed by atoms with E-state index in [-0.39, 0.29) is 18.3 Å². The fourth-order valence-electron chi connectivity index (χ4n) is 1.38. The van der Waals surface area contributed by atoms with Crippen molar-refractivity contribution in [1.82, 2.24) is 9.80 Å². The summed E-state index contributed by atoms with van der Waals surface area (Å²) in [4.78, 5) is 14.8. The van der Waals surface area contributed by atoms with Gasteiger partial charge in [0.25, 0.3) is 0 Å². The number of hydrogen-bond donors (Lipinski definition) is 0. The summed E-state index contributed by atoms with van der Waals surface area (Å²) >= 11 is 3.30. The molecule has 1 amide bonds. The minimum absolute atomic E-state index is 0.00269. The van der Waals surface area contributed by atoms with E-state index in [1.54, 1.807) is 38.2 Å². The van der Waals surface area contributed by atoms with Crippen LogP contribution >= 0.6 is 15.9 Å². The average molecular weight is 303 g/mol. The van der Waals surface area contributed by atoms with Crippen LogP contribution < -0.4 is 0 Å². The largest absolute Gasteiger partial charge is 0.348 e. The summed E-state index contributed by atoms with van der Waals surface area (Å²) in [6.45, 7) is 0.684. The van der Waals surface area contributed by atoms with Crippen LogP contribution in [0.5, 0.6) is 0 Å². The lowest BCUT2D eigenvalue weighted by atomic mass is 10.2. The normalized spacial score (nSPS) is 10.7. The Hall–Kier alpha value is -0.940. The lowest BCUT2D eigenvalue weighted by Crippen LogP contribution is -2.34. The SMILES string of the molecule is CN(CC(=O)N(C)C)Cc1cc(Br)ccc1F. The summed E-state index contributed by atoms with van der Waals surface area (Å²) in [6, 6.07) is 4.80. The first-order valence-electron chi connectivity index (χ1n) is 5.22. The molecule has 1 aromatic carbocycles. The van der Waals surface area contributed by atoms with Crippen molar-refractivity contribution in [3.05, 3.63) is 34.1 Å². The molecule has 0 radical (unpaired) electrons. The van der Waals surface area contributed by atoms with Gasteiger partial charge < -0.3 is 4.90 Å². The summed E-state index contributed by atoms with van der Waals surface area (Å²) in [6.07, 6.45) is 0. The second-order valence-electron chi connectivity index (χ2n) is 4.20. The summed E-state index contributed by atoms with van der Waals surface area (Å²) in [5.74, 6) is -0.250. The maximum atomic E-state index is 13.5. The fourth-order valence-corrected chi connectivity index (χ4v) is 1.79. The molecule has 0 saturated heterocycles. The Bertz CT molecular complexity index is 409. The Morgan fingerprint density at radius 2 is 2.00 bits per heavy atom. The van der Waals surface area contributed by atoms with Gasteiger partial charge in [-0.05, 0) is 25.2 Å². The highest BCUT2D eigenvalue weighted by Crippen LogP contribution is 2.16. The molecule has 0 heterocycles. The zero-order chi connectivity index (χ0) is 13.0. The van der Waals surface area contributed by atoms with Crippen molar-refractivity contribution in [2.24, 2.45) is 0 Å². The van der Waals surface area contributed by atoms with Gasteiger partial charge in [-0.3, -0.25) is 9.69 Å². The topological polar surface area (TPSA) is 23.6 Å². The van der Waals surface area contributed by atoms with Crippen molar-refractivity contribution in [3.63, 3.8) is 0 Å². The number of hydrogen-bond acceptors (Lipinski definition) is 2. The molecule has 0 aromatic heterocycles. The van der Waals surface area contributed by atoms with Gasteiger partial charge in [0.15, 0.2) is 0 Å². The average Bonchev–Trinajstić information content (AvgIpc) is 2.23. The Morgan fingerprint density at radius 3 is 2.59 bits per heavy atom. The Morgan fingerprint density at radius 1 is 1.35 bits per heavy atom. The van der Waals surface area contributed by atoms with Crippen LogP contribution in [0, 0.1) is 5.82 Å². The Kier molecular flexibility index (Phi) is 5.08. The molecular formula is C12H16BrFN2O. The third kappa shape index (κ3) is 4.44.